The molecule has 0 rings (SSSR count). The number of rotatable bonds is 4. The fourth-order valence-electron chi connectivity index (χ4n) is 0.640. The molecule has 2 N–H and O–H groups in total. The zero-order chi connectivity index (χ0) is 8.85. The molecule has 0 aliphatic heterocycles. The van der Waals surface area contributed by atoms with E-state index in [2.05, 4.69) is 11.4 Å². The molecule has 0 aliphatic rings. The van der Waals surface area contributed by atoms with E-state index in [0.29, 0.717) is 5.57 Å². The van der Waals surface area contributed by atoms with Gasteiger partial charge in [0.2, 0.25) is 0 Å². The predicted molar refractivity (Wildman–Crippen MR) is 49.9 cm³/mol. The Balaban J connectivity index is 3.65. The van der Waals surface area contributed by atoms with Crippen LogP contribution in [0.25, 0.3) is 0 Å². The second kappa shape index (κ2) is 5.42. The number of carbonyl (C=O) groups excluding carboxylic acids is 1. The summed E-state index contributed by atoms with van der Waals surface area (Å²) in [7, 11) is 0. The molecule has 1 amide bonds. The summed E-state index contributed by atoms with van der Waals surface area (Å²) in [4.78, 5) is 10.5. The summed E-state index contributed by atoms with van der Waals surface area (Å²) < 4.78 is 0. The van der Waals surface area contributed by atoms with Crippen LogP contribution in [-0.2, 0) is 4.79 Å². The van der Waals surface area contributed by atoms with Crippen LogP contribution < -0.4 is 5.73 Å². The molecule has 0 heterocycles. The molecule has 0 saturated carbocycles. The van der Waals surface area contributed by atoms with Gasteiger partial charge < -0.3 is 0 Å². The molecule has 0 bridgehead atoms. The average molecular weight is 217 g/mol. The maximum absolute atomic E-state index is 10.5. The van der Waals surface area contributed by atoms with Gasteiger partial charge in [0.05, 0.1) is 0 Å². The van der Waals surface area contributed by atoms with Crippen LogP contribution in [0.1, 0.15) is 13.3 Å². The monoisotopic (exact) mass is 217 g/mol. The molecule has 64 valence electrons. The van der Waals surface area contributed by atoms with E-state index in [1.807, 2.05) is 6.08 Å². The summed E-state index contributed by atoms with van der Waals surface area (Å²) in [6, 6.07) is 0. The Morgan fingerprint density at radius 1 is 1.55 bits per heavy atom. The van der Waals surface area contributed by atoms with E-state index in [-0.39, 0.29) is 5.91 Å². The second-order valence-corrected chi connectivity index (χ2v) is 8.31. The van der Waals surface area contributed by atoms with Crippen molar-refractivity contribution in [2.75, 3.05) is 0 Å². The van der Waals surface area contributed by atoms with Crippen LogP contribution in [0.15, 0.2) is 11.6 Å². The van der Waals surface area contributed by atoms with Gasteiger partial charge in [-0.15, -0.1) is 0 Å². The third kappa shape index (κ3) is 6.18. The summed E-state index contributed by atoms with van der Waals surface area (Å²) in [6.45, 7) is 1.77. The number of hydrogen-bond donors (Lipinski definition) is 1. The van der Waals surface area contributed by atoms with Crippen LogP contribution in [-0.4, -0.2) is 20.6 Å². The molecule has 0 aromatic carbocycles. The number of carbonyl (C=O) groups is 1. The molecule has 0 fully saturated rings. The minimum atomic E-state index is -0.515. The molecule has 0 aromatic heterocycles. The first-order valence-corrected chi connectivity index (χ1v) is 8.73. The second-order valence-electron chi connectivity index (χ2n) is 2.84. The molecule has 0 unspecified atom stereocenters. The van der Waals surface area contributed by atoms with E-state index in [0.717, 1.165) is 6.42 Å². The molecule has 2 nitrogen and oxygen atoms in total. The summed E-state index contributed by atoms with van der Waals surface area (Å²) >= 11 is -0.515. The number of primary amides is 1. The van der Waals surface area contributed by atoms with E-state index < -0.39 is 14.7 Å². The first-order valence-electron chi connectivity index (χ1n) is 3.65. The Morgan fingerprint density at radius 2 is 2.09 bits per heavy atom. The number of amides is 1. The van der Waals surface area contributed by atoms with Crippen molar-refractivity contribution in [1.82, 2.24) is 0 Å². The molecule has 11 heavy (non-hydrogen) atoms. The Kier molecular flexibility index (Phi) is 5.31. The molecule has 0 saturated heterocycles. The first kappa shape index (κ1) is 10.8. The SMILES string of the molecule is CC(=CCC[As](C)C)C(N)=O. The van der Waals surface area contributed by atoms with Crippen LogP contribution in [0.5, 0.6) is 0 Å². The Labute approximate surface area is 73.1 Å². The number of nitrogens with two attached hydrogens (primary N) is 1. The van der Waals surface area contributed by atoms with Gasteiger partial charge in [-0.2, -0.15) is 0 Å². The van der Waals surface area contributed by atoms with E-state index in [4.69, 9.17) is 5.73 Å². The predicted octanol–water partition coefficient (Wildman–Crippen LogP) is 1.56. The molecule has 0 atom stereocenters. The van der Waals surface area contributed by atoms with Gasteiger partial charge in [-0.25, -0.2) is 0 Å². The zero-order valence-corrected chi connectivity index (χ0v) is 9.30. The van der Waals surface area contributed by atoms with Crippen molar-refractivity contribution in [3.63, 3.8) is 0 Å². The van der Waals surface area contributed by atoms with Crippen LogP contribution in [0, 0.1) is 0 Å². The van der Waals surface area contributed by atoms with Gasteiger partial charge >= 0.3 is 72.7 Å². The molecular weight excluding hydrogens is 201 g/mol. The summed E-state index contributed by atoms with van der Waals surface area (Å²) in [5.41, 5.74) is 10.4. The molecular formula is C8H16AsNO. The molecule has 3 heteroatoms. The van der Waals surface area contributed by atoms with Crippen molar-refractivity contribution in [3.8, 4) is 0 Å². The van der Waals surface area contributed by atoms with Gasteiger partial charge in [0.1, 0.15) is 0 Å². The van der Waals surface area contributed by atoms with E-state index >= 15 is 0 Å². The van der Waals surface area contributed by atoms with Crippen molar-refractivity contribution in [2.45, 2.75) is 30.0 Å². The van der Waals surface area contributed by atoms with Gasteiger partial charge in [0.25, 0.3) is 0 Å². The maximum atomic E-state index is 10.5. The van der Waals surface area contributed by atoms with Gasteiger partial charge in [-0.1, -0.05) is 0 Å². The number of hydrogen-bond acceptors (Lipinski definition) is 1. The van der Waals surface area contributed by atoms with E-state index in [9.17, 15) is 4.79 Å². The fourth-order valence-corrected chi connectivity index (χ4v) is 1.99. The third-order valence-electron chi connectivity index (χ3n) is 1.42. The van der Waals surface area contributed by atoms with Crippen molar-refractivity contribution in [3.05, 3.63) is 11.6 Å². The molecule has 0 radical (unpaired) electrons. The molecule has 0 aliphatic carbocycles. The van der Waals surface area contributed by atoms with Crippen molar-refractivity contribution >= 4 is 20.6 Å². The first-order chi connectivity index (χ1) is 5.04. The van der Waals surface area contributed by atoms with Gasteiger partial charge in [0.15, 0.2) is 0 Å². The third-order valence-corrected chi connectivity index (χ3v) is 3.83. The quantitative estimate of drug-likeness (QED) is 0.563. The normalized spacial score (nSPS) is 12.2. The topological polar surface area (TPSA) is 43.1 Å². The van der Waals surface area contributed by atoms with E-state index in [1.54, 1.807) is 6.92 Å². The van der Waals surface area contributed by atoms with Crippen LogP contribution >= 0.6 is 0 Å². The minimum absolute atomic E-state index is 0.295. The van der Waals surface area contributed by atoms with Crippen molar-refractivity contribution < 1.29 is 4.79 Å². The van der Waals surface area contributed by atoms with Crippen LogP contribution in [0.3, 0.4) is 0 Å². The zero-order valence-electron chi connectivity index (χ0n) is 7.42. The average Bonchev–Trinajstić information content (AvgIpc) is 1.86. The van der Waals surface area contributed by atoms with Crippen molar-refractivity contribution in [2.24, 2.45) is 5.73 Å². The van der Waals surface area contributed by atoms with Gasteiger partial charge in [-0.05, 0) is 0 Å². The fraction of sp³-hybridized carbons (Fsp3) is 0.625. The van der Waals surface area contributed by atoms with E-state index in [1.165, 1.54) is 5.21 Å². The Morgan fingerprint density at radius 3 is 2.45 bits per heavy atom. The van der Waals surface area contributed by atoms with Crippen molar-refractivity contribution in [1.29, 1.82) is 0 Å². The van der Waals surface area contributed by atoms with Gasteiger partial charge in [0, 0.05) is 0 Å². The number of allylic oxidation sites excluding steroid dienone is 1. The molecule has 0 spiro atoms. The van der Waals surface area contributed by atoms with Crippen LogP contribution in [0.2, 0.25) is 16.6 Å². The summed E-state index contributed by atoms with van der Waals surface area (Å²) in [6.07, 6.45) is 2.96. The standard InChI is InChI=1S/C8H16AsNO/c1-7(8(10)11)5-4-6-9(2)3/h5H,4,6H2,1-3H3,(H2,10,11). The Bertz CT molecular complexity index is 163. The Hall–Kier alpha value is -0.232. The summed E-state index contributed by atoms with van der Waals surface area (Å²) in [5, 5.41) is 1.26. The van der Waals surface area contributed by atoms with Crippen LogP contribution in [0.4, 0.5) is 0 Å². The summed E-state index contributed by atoms with van der Waals surface area (Å²) in [5.74, 6) is -0.295. The molecule has 0 aromatic rings. The van der Waals surface area contributed by atoms with Gasteiger partial charge in [-0.3, -0.25) is 0 Å².